The number of sulfonamides is 1. The van der Waals surface area contributed by atoms with E-state index < -0.39 is 21.8 Å². The van der Waals surface area contributed by atoms with Crippen LogP contribution in [0.1, 0.15) is 10.4 Å². The Hall–Kier alpha value is -4.31. The maximum Gasteiger partial charge on any atom is 0.336 e. The van der Waals surface area contributed by atoms with Crippen molar-refractivity contribution < 1.29 is 27.1 Å². The normalized spacial score (nSPS) is 11.7. The number of hydrogen-bond acceptors (Lipinski definition) is 6. The number of hydrogen-bond donors (Lipinski definition) is 2. The summed E-state index contributed by atoms with van der Waals surface area (Å²) in [5.74, 6) is -1.46. The average molecular weight is 477 g/mol. The zero-order valence-electron chi connectivity index (χ0n) is 17.6. The molecule has 3 aromatic carbocycles. The van der Waals surface area contributed by atoms with Gasteiger partial charge in [-0.1, -0.05) is 18.2 Å². The second-order valence-corrected chi connectivity index (χ2v) is 9.40. The first-order chi connectivity index (χ1) is 16.2. The molecule has 0 radical (unpaired) electrons. The number of fused-ring (bicyclic) bond motifs is 3. The minimum atomic E-state index is -3.42. The first kappa shape index (κ1) is 21.5. The Morgan fingerprint density at radius 3 is 2.38 bits per heavy atom. The fraction of sp³-hybridized carbons (Fsp3) is 0.0417. The van der Waals surface area contributed by atoms with Gasteiger partial charge in [0.15, 0.2) is 5.58 Å². The van der Waals surface area contributed by atoms with Gasteiger partial charge >= 0.3 is 5.97 Å². The van der Waals surface area contributed by atoms with E-state index in [-0.39, 0.29) is 22.4 Å². The van der Waals surface area contributed by atoms with E-state index in [9.17, 15) is 22.7 Å². The fourth-order valence-corrected chi connectivity index (χ4v) is 4.25. The number of carbonyl (C=O) groups is 1. The maximum atomic E-state index is 13.7. The largest absolute Gasteiger partial charge is 0.478 e. The lowest BCUT2D eigenvalue weighted by Gasteiger charge is -2.09. The highest BCUT2D eigenvalue weighted by molar-refractivity contribution is 7.92. The standard InChI is InChI=1S/C24H16FN3O5S/c1-34(31,32)28-16-7-5-13(6-8-16)20-12-17(24(29)30)21-18(26-20)9-10-19-22(21)33-23(27-19)14-3-2-4-15(25)11-14/h2-12,28H,1H3,(H,29,30). The molecule has 34 heavy (non-hydrogen) atoms. The zero-order chi connectivity index (χ0) is 24.0. The van der Waals surface area contributed by atoms with Gasteiger partial charge in [0, 0.05) is 16.8 Å². The van der Waals surface area contributed by atoms with Crippen LogP contribution in [0.15, 0.2) is 71.1 Å². The van der Waals surface area contributed by atoms with Gasteiger partial charge in [-0.25, -0.2) is 27.6 Å². The van der Waals surface area contributed by atoms with E-state index in [1.54, 1.807) is 42.5 Å². The average Bonchev–Trinajstić information content (AvgIpc) is 3.22. The first-order valence-corrected chi connectivity index (χ1v) is 11.9. The third kappa shape index (κ3) is 4.06. The summed E-state index contributed by atoms with van der Waals surface area (Å²) in [7, 11) is -3.42. The van der Waals surface area contributed by atoms with Crippen molar-refractivity contribution in [2.45, 2.75) is 0 Å². The Balaban J connectivity index is 1.66. The minimum Gasteiger partial charge on any atom is -0.478 e. The van der Waals surface area contributed by atoms with Crippen molar-refractivity contribution >= 4 is 43.7 Å². The highest BCUT2D eigenvalue weighted by Crippen LogP contribution is 2.34. The smallest absolute Gasteiger partial charge is 0.336 e. The maximum absolute atomic E-state index is 13.7. The third-order valence-corrected chi connectivity index (χ3v) is 5.72. The lowest BCUT2D eigenvalue weighted by atomic mass is 10.0. The van der Waals surface area contributed by atoms with Crippen LogP contribution in [-0.4, -0.2) is 35.7 Å². The van der Waals surface area contributed by atoms with Crippen molar-refractivity contribution in [2.24, 2.45) is 0 Å². The lowest BCUT2D eigenvalue weighted by Crippen LogP contribution is -2.09. The van der Waals surface area contributed by atoms with E-state index in [4.69, 9.17) is 4.42 Å². The summed E-state index contributed by atoms with van der Waals surface area (Å²) in [5, 5.41) is 10.2. The van der Waals surface area contributed by atoms with Crippen LogP contribution in [0.4, 0.5) is 10.1 Å². The van der Waals surface area contributed by atoms with Gasteiger partial charge in [0.1, 0.15) is 11.3 Å². The second-order valence-electron chi connectivity index (χ2n) is 7.65. The van der Waals surface area contributed by atoms with Crippen molar-refractivity contribution in [2.75, 3.05) is 11.0 Å². The highest BCUT2D eigenvalue weighted by atomic mass is 32.2. The number of carboxylic acids is 1. The summed E-state index contributed by atoms with van der Waals surface area (Å²) < 4.78 is 44.7. The number of aromatic nitrogens is 2. The molecule has 0 fully saturated rings. The highest BCUT2D eigenvalue weighted by Gasteiger charge is 2.20. The number of carboxylic acid groups (broad SMARTS) is 1. The molecule has 0 spiro atoms. The van der Waals surface area contributed by atoms with Gasteiger partial charge in [-0.05, 0) is 48.5 Å². The number of pyridine rings is 1. The Kier molecular flexibility index (Phi) is 5.02. The molecule has 10 heteroatoms. The Labute approximate surface area is 192 Å². The monoisotopic (exact) mass is 477 g/mol. The van der Waals surface area contributed by atoms with Gasteiger partial charge in [-0.2, -0.15) is 0 Å². The van der Waals surface area contributed by atoms with Crippen molar-refractivity contribution in [3.8, 4) is 22.7 Å². The molecule has 8 nitrogen and oxygen atoms in total. The second kappa shape index (κ2) is 7.92. The van der Waals surface area contributed by atoms with Gasteiger partial charge < -0.3 is 9.52 Å². The molecule has 2 N–H and O–H groups in total. The number of rotatable bonds is 5. The summed E-state index contributed by atoms with van der Waals surface area (Å²) in [6, 6.07) is 16.9. The number of oxazole rings is 1. The van der Waals surface area contributed by atoms with E-state index >= 15 is 0 Å². The quantitative estimate of drug-likeness (QED) is 0.368. The van der Waals surface area contributed by atoms with Crippen LogP contribution >= 0.6 is 0 Å². The predicted molar refractivity (Wildman–Crippen MR) is 126 cm³/mol. The molecule has 0 saturated carbocycles. The summed E-state index contributed by atoms with van der Waals surface area (Å²) in [6.45, 7) is 0. The van der Waals surface area contributed by atoms with Crippen LogP contribution in [0, 0.1) is 5.82 Å². The van der Waals surface area contributed by atoms with Gasteiger partial charge in [-0.3, -0.25) is 4.72 Å². The third-order valence-electron chi connectivity index (χ3n) is 5.11. The molecule has 0 aliphatic carbocycles. The Bertz CT molecular complexity index is 1700. The van der Waals surface area contributed by atoms with Gasteiger partial charge in [-0.15, -0.1) is 0 Å². The zero-order valence-corrected chi connectivity index (χ0v) is 18.4. The molecule has 5 aromatic rings. The number of nitrogens with zero attached hydrogens (tertiary/aromatic N) is 2. The SMILES string of the molecule is CS(=O)(=O)Nc1ccc(-c2cc(C(=O)O)c3c(ccc4nc(-c5cccc(F)c5)oc43)n2)cc1. The number of aromatic carboxylic acids is 1. The molecule has 170 valence electrons. The Morgan fingerprint density at radius 2 is 1.71 bits per heavy atom. The summed E-state index contributed by atoms with van der Waals surface area (Å²) in [4.78, 5) is 21.1. The molecule has 0 aliphatic heterocycles. The lowest BCUT2D eigenvalue weighted by molar-refractivity contribution is 0.0699. The first-order valence-electron chi connectivity index (χ1n) is 10.00. The summed E-state index contributed by atoms with van der Waals surface area (Å²) in [5.41, 5.74) is 2.78. The minimum absolute atomic E-state index is 0.0362. The number of benzene rings is 3. The molecule has 0 unspecified atom stereocenters. The molecular formula is C24H16FN3O5S. The molecule has 5 rings (SSSR count). The van der Waals surface area contributed by atoms with Crippen LogP contribution in [0.3, 0.4) is 0 Å². The van der Waals surface area contributed by atoms with E-state index in [1.807, 2.05) is 0 Å². The van der Waals surface area contributed by atoms with Crippen molar-refractivity contribution in [3.63, 3.8) is 0 Å². The number of halogens is 1. The molecule has 0 aliphatic rings. The molecule has 0 bridgehead atoms. The molecule has 0 saturated heterocycles. The van der Waals surface area contributed by atoms with E-state index in [0.717, 1.165) is 6.26 Å². The van der Waals surface area contributed by atoms with Gasteiger partial charge in [0.25, 0.3) is 0 Å². The van der Waals surface area contributed by atoms with Gasteiger partial charge in [0.2, 0.25) is 15.9 Å². The van der Waals surface area contributed by atoms with Crippen LogP contribution in [0.25, 0.3) is 44.7 Å². The number of anilines is 1. The molecule has 2 heterocycles. The topological polar surface area (TPSA) is 122 Å². The van der Waals surface area contributed by atoms with Crippen LogP contribution < -0.4 is 4.72 Å². The van der Waals surface area contributed by atoms with E-state index in [2.05, 4.69) is 14.7 Å². The van der Waals surface area contributed by atoms with E-state index in [1.165, 1.54) is 24.3 Å². The molecule has 2 aromatic heterocycles. The number of nitrogens with one attached hydrogen (secondary N) is 1. The van der Waals surface area contributed by atoms with Crippen LogP contribution in [-0.2, 0) is 10.0 Å². The molecular weight excluding hydrogens is 461 g/mol. The predicted octanol–water partition coefficient (Wildman–Crippen LogP) is 4.92. The van der Waals surface area contributed by atoms with Crippen molar-refractivity contribution in [1.29, 1.82) is 0 Å². The van der Waals surface area contributed by atoms with Crippen molar-refractivity contribution in [3.05, 3.63) is 78.1 Å². The Morgan fingerprint density at radius 1 is 0.971 bits per heavy atom. The van der Waals surface area contributed by atoms with Crippen LogP contribution in [0.2, 0.25) is 0 Å². The summed E-state index contributed by atoms with van der Waals surface area (Å²) >= 11 is 0. The molecule has 0 atom stereocenters. The van der Waals surface area contributed by atoms with Crippen LogP contribution in [0.5, 0.6) is 0 Å². The van der Waals surface area contributed by atoms with Crippen molar-refractivity contribution in [1.82, 2.24) is 9.97 Å². The van der Waals surface area contributed by atoms with E-state index in [0.29, 0.717) is 33.5 Å². The fourth-order valence-electron chi connectivity index (χ4n) is 3.69. The molecule has 0 amide bonds. The van der Waals surface area contributed by atoms with Gasteiger partial charge in [0.05, 0.1) is 28.4 Å². The summed E-state index contributed by atoms with van der Waals surface area (Å²) in [6.07, 6.45) is 1.05.